The molecular weight excluding hydrogens is 369 g/mol. The van der Waals surface area contributed by atoms with Crippen molar-refractivity contribution in [2.24, 2.45) is 5.29 Å². The van der Waals surface area contributed by atoms with Crippen molar-refractivity contribution < 1.29 is 18.4 Å². The van der Waals surface area contributed by atoms with Crippen LogP contribution in [0.5, 0.6) is 0 Å². The zero-order valence-electron chi connectivity index (χ0n) is 14.3. The fourth-order valence-corrected chi connectivity index (χ4v) is 4.27. The molecule has 0 bridgehead atoms. The van der Waals surface area contributed by atoms with Gasteiger partial charge in [-0.3, -0.25) is 4.57 Å². The summed E-state index contributed by atoms with van der Waals surface area (Å²) in [4.78, 5) is 23.6. The summed E-state index contributed by atoms with van der Waals surface area (Å²) in [5.41, 5.74) is 0.755. The van der Waals surface area contributed by atoms with E-state index in [1.165, 1.54) is 0 Å². The predicted octanol–water partition coefficient (Wildman–Crippen LogP) is 3.75. The summed E-state index contributed by atoms with van der Waals surface area (Å²) in [5, 5.41) is 5.77. The smallest absolute Gasteiger partial charge is 0.335 e. The van der Waals surface area contributed by atoms with Crippen LogP contribution in [0.4, 0.5) is 4.79 Å². The third kappa shape index (κ3) is 6.40. The van der Waals surface area contributed by atoms with E-state index in [2.05, 4.69) is 10.6 Å². The molecule has 1 aromatic carbocycles. The Morgan fingerprint density at radius 3 is 2.36 bits per heavy atom. The van der Waals surface area contributed by atoms with Crippen LogP contribution in [-0.4, -0.2) is 42.5 Å². The number of benzene rings is 1. The molecule has 1 rings (SSSR count). The molecule has 1 aromatic rings. The minimum absolute atomic E-state index is 0.0815. The molecule has 1 atom stereocenters. The zero-order chi connectivity index (χ0) is 18.7. The number of hydrogen-bond acceptors (Lipinski definition) is 6. The van der Waals surface area contributed by atoms with Crippen LogP contribution < -0.4 is 5.32 Å². The number of rotatable bonds is 11. The van der Waals surface area contributed by atoms with E-state index in [1.54, 1.807) is 38.1 Å². The molecule has 0 saturated carbocycles. The van der Waals surface area contributed by atoms with Crippen molar-refractivity contribution in [3.8, 4) is 0 Å². The maximum atomic E-state index is 13.2. The summed E-state index contributed by atoms with van der Waals surface area (Å²) in [7, 11) is -3.82. The van der Waals surface area contributed by atoms with Crippen molar-refractivity contribution in [2.45, 2.75) is 26.1 Å². The number of carbonyl (C=O) groups is 1. The third-order valence-electron chi connectivity index (χ3n) is 3.19. The van der Waals surface area contributed by atoms with E-state index >= 15 is 0 Å². The van der Waals surface area contributed by atoms with E-state index in [0.29, 0.717) is 5.01 Å². The molecule has 140 valence electrons. The van der Waals surface area contributed by atoms with Gasteiger partial charge in [0.15, 0.2) is 5.78 Å². The van der Waals surface area contributed by atoms with Gasteiger partial charge in [-0.1, -0.05) is 30.3 Å². The predicted molar refractivity (Wildman–Crippen MR) is 96.5 cm³/mol. The van der Waals surface area contributed by atoms with E-state index in [0.717, 1.165) is 5.56 Å². The summed E-state index contributed by atoms with van der Waals surface area (Å²) < 4.78 is 23.9. The minimum atomic E-state index is -3.82. The highest BCUT2D eigenvalue weighted by Gasteiger charge is 2.43. The summed E-state index contributed by atoms with van der Waals surface area (Å²) in [5.74, 6) is -1.03. The van der Waals surface area contributed by atoms with Crippen LogP contribution in [0.25, 0.3) is 0 Å². The number of carbonyl (C=O) groups excluding carboxylic acids is 1. The largest absolute Gasteiger partial charge is 0.355 e. The lowest BCUT2D eigenvalue weighted by Crippen LogP contribution is -2.44. The van der Waals surface area contributed by atoms with Gasteiger partial charge >= 0.3 is 13.6 Å². The van der Waals surface area contributed by atoms with Crippen molar-refractivity contribution in [3.63, 3.8) is 0 Å². The molecular formula is C15H23ClN3O5P. The molecule has 0 saturated heterocycles. The Balaban J connectivity index is 3.21. The average molecular weight is 392 g/mol. The maximum absolute atomic E-state index is 13.2. The van der Waals surface area contributed by atoms with Gasteiger partial charge in [-0.15, -0.1) is 16.5 Å². The van der Waals surface area contributed by atoms with Crippen LogP contribution in [0.2, 0.25) is 0 Å². The number of nitrogens with one attached hydrogen (secondary N) is 1. The Hall–Kier alpha value is -1.47. The Bertz CT molecular complexity index is 580. The van der Waals surface area contributed by atoms with Crippen LogP contribution >= 0.6 is 19.2 Å². The number of alkyl halides is 1. The Labute approximate surface area is 152 Å². The van der Waals surface area contributed by atoms with Crippen molar-refractivity contribution in [1.29, 1.82) is 0 Å². The van der Waals surface area contributed by atoms with Gasteiger partial charge < -0.3 is 14.4 Å². The zero-order valence-corrected chi connectivity index (χ0v) is 15.9. The van der Waals surface area contributed by atoms with E-state index in [4.69, 9.17) is 20.6 Å². The molecule has 0 aliphatic rings. The molecule has 0 aliphatic heterocycles. The van der Waals surface area contributed by atoms with Gasteiger partial charge in [0, 0.05) is 18.8 Å². The van der Waals surface area contributed by atoms with Crippen molar-refractivity contribution >= 4 is 25.2 Å². The first-order valence-electron chi connectivity index (χ1n) is 7.91. The minimum Gasteiger partial charge on any atom is -0.335 e. The molecule has 25 heavy (non-hydrogen) atoms. The molecule has 0 radical (unpaired) electrons. The Morgan fingerprint density at radius 1 is 1.28 bits per heavy atom. The molecule has 0 heterocycles. The summed E-state index contributed by atoms with van der Waals surface area (Å²) in [6.07, 6.45) is 0.0815. The second kappa shape index (κ2) is 11.2. The highest BCUT2D eigenvalue weighted by Crippen LogP contribution is 2.55. The number of amides is 2. The van der Waals surface area contributed by atoms with Crippen LogP contribution in [0.15, 0.2) is 35.6 Å². The Kier molecular flexibility index (Phi) is 9.67. The van der Waals surface area contributed by atoms with Gasteiger partial charge in [-0.05, 0) is 19.4 Å². The lowest BCUT2D eigenvalue weighted by atomic mass is 10.1. The second-order valence-corrected chi connectivity index (χ2v) is 7.46. The summed E-state index contributed by atoms with van der Waals surface area (Å²) >= 11 is 5.55. The van der Waals surface area contributed by atoms with Gasteiger partial charge in [0.2, 0.25) is 0 Å². The fraction of sp³-hybridized carbons (Fsp3) is 0.533. The lowest BCUT2D eigenvalue weighted by Gasteiger charge is -2.30. The van der Waals surface area contributed by atoms with E-state index in [1.807, 2.05) is 6.07 Å². The van der Waals surface area contributed by atoms with Crippen molar-refractivity contribution in [2.75, 3.05) is 25.6 Å². The molecule has 1 unspecified atom stereocenters. The van der Waals surface area contributed by atoms with Gasteiger partial charge in [0.25, 0.3) is 0 Å². The average Bonchev–Trinajstić information content (AvgIpc) is 2.61. The van der Waals surface area contributed by atoms with Gasteiger partial charge in [-0.25, -0.2) is 4.79 Å². The third-order valence-corrected chi connectivity index (χ3v) is 5.75. The van der Waals surface area contributed by atoms with Crippen LogP contribution in [0.3, 0.4) is 0 Å². The van der Waals surface area contributed by atoms with Crippen molar-refractivity contribution in [1.82, 2.24) is 10.3 Å². The summed E-state index contributed by atoms with van der Waals surface area (Å²) in [6.45, 7) is 3.63. The highest BCUT2D eigenvalue weighted by atomic mass is 35.5. The monoisotopic (exact) mass is 391 g/mol. The Morgan fingerprint density at radius 2 is 1.88 bits per heavy atom. The number of hydrogen-bond donors (Lipinski definition) is 1. The summed E-state index contributed by atoms with van der Waals surface area (Å²) in [6, 6.07) is 8.18. The van der Waals surface area contributed by atoms with Crippen LogP contribution in [-0.2, 0) is 20.0 Å². The lowest BCUT2D eigenvalue weighted by molar-refractivity contribution is 0.160. The van der Waals surface area contributed by atoms with Gasteiger partial charge in [0.1, 0.15) is 0 Å². The van der Waals surface area contributed by atoms with E-state index < -0.39 is 19.4 Å². The highest BCUT2D eigenvalue weighted by molar-refractivity contribution is 7.54. The first-order valence-corrected chi connectivity index (χ1v) is 10.1. The quantitative estimate of drug-likeness (QED) is 0.268. The van der Waals surface area contributed by atoms with Crippen molar-refractivity contribution in [3.05, 3.63) is 40.8 Å². The van der Waals surface area contributed by atoms with E-state index in [9.17, 15) is 14.3 Å². The molecule has 1 N–H and O–H groups in total. The molecule has 8 nitrogen and oxygen atoms in total. The van der Waals surface area contributed by atoms with Crippen LogP contribution in [0.1, 0.15) is 19.4 Å². The second-order valence-electron chi connectivity index (χ2n) is 4.89. The molecule has 0 aliphatic carbocycles. The van der Waals surface area contributed by atoms with E-state index in [-0.39, 0.29) is 32.1 Å². The first-order chi connectivity index (χ1) is 12.0. The molecule has 0 fully saturated rings. The number of urea groups is 1. The molecule has 0 aromatic heterocycles. The van der Waals surface area contributed by atoms with Crippen LogP contribution in [0, 0.1) is 4.91 Å². The normalized spacial score (nSPS) is 12.4. The number of nitrogens with zero attached hydrogens (tertiary/aromatic N) is 2. The van der Waals surface area contributed by atoms with Gasteiger partial charge in [-0.2, -0.15) is 5.01 Å². The first kappa shape index (κ1) is 21.6. The topological polar surface area (TPSA) is 97.3 Å². The maximum Gasteiger partial charge on any atom is 0.355 e. The number of nitroso groups, excluding NO2 is 1. The number of halogens is 1. The SMILES string of the molecule is CCOP(=O)(OCC)C(Cc1ccccc1)N(N=O)C(=O)NCCCl. The standard InChI is InChI=1S/C15H23ClN3O5P/c1-3-23-25(22,24-4-2)14(12-13-8-6-5-7-9-13)19(18-21)15(20)17-11-10-16/h5-9,14H,3-4,10-12H2,1-2H3,(H,17,20). The van der Waals surface area contributed by atoms with Gasteiger partial charge in [0.05, 0.1) is 18.5 Å². The molecule has 10 heteroatoms. The fourth-order valence-electron chi connectivity index (χ4n) is 2.19. The molecule has 2 amide bonds. The molecule has 0 spiro atoms.